The molecule has 2 aromatic carbocycles. The molecule has 0 atom stereocenters. The highest BCUT2D eigenvalue weighted by molar-refractivity contribution is 6.32. The standard InChI is InChI=1S/C15H13ClO4/c1-19-13-5-4-10(15(17)18)7-11(13)9-3-6-14(20-2)12(16)8-9/h3-8H,1-2H3,(H,17,18). The second-order valence-electron chi connectivity index (χ2n) is 4.07. The number of ether oxygens (including phenoxy) is 2. The molecule has 0 saturated carbocycles. The Balaban J connectivity index is 2.57. The van der Waals surface area contributed by atoms with Crippen molar-refractivity contribution in [1.82, 2.24) is 0 Å². The maximum Gasteiger partial charge on any atom is 0.335 e. The quantitative estimate of drug-likeness (QED) is 0.933. The van der Waals surface area contributed by atoms with E-state index in [0.717, 1.165) is 5.56 Å². The molecule has 0 aliphatic heterocycles. The number of carbonyl (C=O) groups is 1. The number of halogens is 1. The fourth-order valence-electron chi connectivity index (χ4n) is 1.90. The van der Waals surface area contributed by atoms with Gasteiger partial charge in [-0.1, -0.05) is 17.7 Å². The smallest absolute Gasteiger partial charge is 0.335 e. The van der Waals surface area contributed by atoms with Crippen molar-refractivity contribution in [3.63, 3.8) is 0 Å². The van der Waals surface area contributed by atoms with Gasteiger partial charge in [-0.15, -0.1) is 0 Å². The first kappa shape index (κ1) is 14.2. The normalized spacial score (nSPS) is 10.2. The molecular weight excluding hydrogens is 280 g/mol. The van der Waals surface area contributed by atoms with E-state index in [1.807, 2.05) is 0 Å². The van der Waals surface area contributed by atoms with E-state index in [4.69, 9.17) is 26.2 Å². The molecule has 0 radical (unpaired) electrons. The minimum absolute atomic E-state index is 0.188. The molecule has 0 aliphatic carbocycles. The van der Waals surface area contributed by atoms with E-state index in [-0.39, 0.29) is 5.56 Å². The fraction of sp³-hybridized carbons (Fsp3) is 0.133. The van der Waals surface area contributed by atoms with Gasteiger partial charge in [-0.3, -0.25) is 0 Å². The molecule has 2 aromatic rings. The third-order valence-electron chi connectivity index (χ3n) is 2.91. The molecule has 20 heavy (non-hydrogen) atoms. The number of hydrogen-bond acceptors (Lipinski definition) is 3. The molecular formula is C15H13ClO4. The van der Waals surface area contributed by atoms with Crippen molar-refractivity contribution in [2.75, 3.05) is 14.2 Å². The van der Waals surface area contributed by atoms with Crippen LogP contribution in [0.5, 0.6) is 11.5 Å². The summed E-state index contributed by atoms with van der Waals surface area (Å²) in [6.45, 7) is 0. The lowest BCUT2D eigenvalue weighted by atomic mass is 10.0. The summed E-state index contributed by atoms with van der Waals surface area (Å²) in [4.78, 5) is 11.1. The molecule has 0 fully saturated rings. The highest BCUT2D eigenvalue weighted by Gasteiger charge is 2.12. The van der Waals surface area contributed by atoms with Crippen molar-refractivity contribution < 1.29 is 19.4 Å². The van der Waals surface area contributed by atoms with Crippen LogP contribution in [-0.2, 0) is 0 Å². The molecule has 0 amide bonds. The lowest BCUT2D eigenvalue weighted by Crippen LogP contribution is -1.98. The molecule has 0 bridgehead atoms. The fourth-order valence-corrected chi connectivity index (χ4v) is 2.16. The van der Waals surface area contributed by atoms with Gasteiger partial charge in [0, 0.05) is 5.56 Å². The Morgan fingerprint density at radius 1 is 1.05 bits per heavy atom. The molecule has 0 saturated heterocycles. The van der Waals surface area contributed by atoms with Crippen LogP contribution in [0.2, 0.25) is 5.02 Å². The summed E-state index contributed by atoms with van der Waals surface area (Å²) in [5.74, 6) is 0.147. The Labute approximate surface area is 121 Å². The Bertz CT molecular complexity index is 652. The average molecular weight is 293 g/mol. The Morgan fingerprint density at radius 3 is 2.25 bits per heavy atom. The van der Waals surface area contributed by atoms with E-state index in [0.29, 0.717) is 22.1 Å². The first-order valence-electron chi connectivity index (χ1n) is 5.82. The number of methoxy groups -OCH3 is 2. The molecule has 104 valence electrons. The van der Waals surface area contributed by atoms with Gasteiger partial charge in [-0.2, -0.15) is 0 Å². The first-order chi connectivity index (χ1) is 9.56. The second-order valence-corrected chi connectivity index (χ2v) is 4.48. The third kappa shape index (κ3) is 2.70. The van der Waals surface area contributed by atoms with Gasteiger partial charge in [0.2, 0.25) is 0 Å². The summed E-state index contributed by atoms with van der Waals surface area (Å²) in [5.41, 5.74) is 1.61. The predicted molar refractivity (Wildman–Crippen MR) is 77.0 cm³/mol. The largest absolute Gasteiger partial charge is 0.496 e. The summed E-state index contributed by atoms with van der Waals surface area (Å²) in [6.07, 6.45) is 0. The van der Waals surface area contributed by atoms with Crippen molar-refractivity contribution in [3.05, 3.63) is 47.0 Å². The summed E-state index contributed by atoms with van der Waals surface area (Å²) in [6, 6.07) is 9.91. The van der Waals surface area contributed by atoms with Gasteiger partial charge in [-0.25, -0.2) is 4.79 Å². The van der Waals surface area contributed by atoms with Crippen molar-refractivity contribution in [1.29, 1.82) is 0 Å². The number of rotatable bonds is 4. The van der Waals surface area contributed by atoms with Gasteiger partial charge in [0.25, 0.3) is 0 Å². The van der Waals surface area contributed by atoms with Gasteiger partial charge in [0.1, 0.15) is 11.5 Å². The van der Waals surface area contributed by atoms with E-state index in [1.165, 1.54) is 20.3 Å². The maximum absolute atomic E-state index is 11.1. The number of carboxylic acids is 1. The van der Waals surface area contributed by atoms with Crippen LogP contribution < -0.4 is 9.47 Å². The van der Waals surface area contributed by atoms with Crippen LogP contribution in [0.3, 0.4) is 0 Å². The molecule has 0 spiro atoms. The zero-order valence-corrected chi connectivity index (χ0v) is 11.8. The summed E-state index contributed by atoms with van der Waals surface area (Å²) in [5, 5.41) is 9.52. The Hall–Kier alpha value is -2.20. The van der Waals surface area contributed by atoms with Crippen LogP contribution in [-0.4, -0.2) is 25.3 Å². The molecule has 5 heteroatoms. The van der Waals surface area contributed by atoms with Crippen LogP contribution in [0.4, 0.5) is 0 Å². The number of hydrogen-bond donors (Lipinski definition) is 1. The zero-order chi connectivity index (χ0) is 14.7. The topological polar surface area (TPSA) is 55.8 Å². The average Bonchev–Trinajstić information content (AvgIpc) is 2.46. The molecule has 0 heterocycles. The Kier molecular flexibility index (Phi) is 4.15. The van der Waals surface area contributed by atoms with Crippen LogP contribution in [0.1, 0.15) is 10.4 Å². The number of carboxylic acid groups (broad SMARTS) is 1. The van der Waals surface area contributed by atoms with Gasteiger partial charge in [-0.05, 0) is 35.9 Å². The van der Waals surface area contributed by atoms with E-state index in [1.54, 1.807) is 30.3 Å². The predicted octanol–water partition coefficient (Wildman–Crippen LogP) is 3.72. The highest BCUT2D eigenvalue weighted by atomic mass is 35.5. The van der Waals surface area contributed by atoms with Crippen molar-refractivity contribution in [2.24, 2.45) is 0 Å². The van der Waals surface area contributed by atoms with E-state index in [9.17, 15) is 4.79 Å². The summed E-state index contributed by atoms with van der Waals surface area (Å²) >= 11 is 6.10. The molecule has 1 N–H and O–H groups in total. The molecule has 0 aliphatic rings. The first-order valence-corrected chi connectivity index (χ1v) is 6.20. The highest BCUT2D eigenvalue weighted by Crippen LogP contribution is 2.35. The van der Waals surface area contributed by atoms with E-state index >= 15 is 0 Å². The van der Waals surface area contributed by atoms with Crippen LogP contribution >= 0.6 is 11.6 Å². The molecule has 0 aromatic heterocycles. The minimum atomic E-state index is -0.992. The Morgan fingerprint density at radius 2 is 1.70 bits per heavy atom. The lowest BCUT2D eigenvalue weighted by Gasteiger charge is -2.11. The monoisotopic (exact) mass is 292 g/mol. The minimum Gasteiger partial charge on any atom is -0.496 e. The number of aromatic carboxylic acids is 1. The summed E-state index contributed by atoms with van der Waals surface area (Å²) < 4.78 is 10.4. The number of benzene rings is 2. The SMILES string of the molecule is COc1ccc(-c2cc(C(=O)O)ccc2OC)cc1Cl. The zero-order valence-electron chi connectivity index (χ0n) is 11.0. The van der Waals surface area contributed by atoms with Crippen LogP contribution in [0, 0.1) is 0 Å². The third-order valence-corrected chi connectivity index (χ3v) is 3.20. The van der Waals surface area contributed by atoms with Crippen molar-refractivity contribution in [3.8, 4) is 22.6 Å². The second kappa shape index (κ2) is 5.84. The van der Waals surface area contributed by atoms with Gasteiger partial charge in [0.05, 0.1) is 24.8 Å². The molecule has 0 unspecified atom stereocenters. The van der Waals surface area contributed by atoms with Gasteiger partial charge >= 0.3 is 5.97 Å². The van der Waals surface area contributed by atoms with E-state index < -0.39 is 5.97 Å². The van der Waals surface area contributed by atoms with E-state index in [2.05, 4.69) is 0 Å². The lowest BCUT2D eigenvalue weighted by molar-refractivity contribution is 0.0697. The van der Waals surface area contributed by atoms with Crippen LogP contribution in [0.25, 0.3) is 11.1 Å². The van der Waals surface area contributed by atoms with Gasteiger partial charge in [0.15, 0.2) is 0 Å². The molecule has 2 rings (SSSR count). The molecule has 4 nitrogen and oxygen atoms in total. The van der Waals surface area contributed by atoms with Crippen molar-refractivity contribution >= 4 is 17.6 Å². The van der Waals surface area contributed by atoms with Crippen molar-refractivity contribution in [2.45, 2.75) is 0 Å². The summed E-state index contributed by atoms with van der Waals surface area (Å²) in [7, 11) is 3.07. The maximum atomic E-state index is 11.1. The van der Waals surface area contributed by atoms with Gasteiger partial charge < -0.3 is 14.6 Å². The van der Waals surface area contributed by atoms with Crippen LogP contribution in [0.15, 0.2) is 36.4 Å².